The second-order valence-corrected chi connectivity index (χ2v) is 9.11. The molecule has 0 radical (unpaired) electrons. The van der Waals surface area contributed by atoms with Gasteiger partial charge in [-0.2, -0.15) is 0 Å². The number of nitrogens with zero attached hydrogens (tertiary/aromatic N) is 1. The van der Waals surface area contributed by atoms with Gasteiger partial charge in [-0.25, -0.2) is 8.42 Å². The van der Waals surface area contributed by atoms with Gasteiger partial charge in [0.05, 0.1) is 35.7 Å². The maximum absolute atomic E-state index is 13.2. The van der Waals surface area contributed by atoms with Gasteiger partial charge >= 0.3 is 0 Å². The number of nitrogens with one attached hydrogen (secondary N) is 1. The molecule has 1 atom stereocenters. The summed E-state index contributed by atoms with van der Waals surface area (Å²) in [4.78, 5) is 38.6. The van der Waals surface area contributed by atoms with E-state index in [1.54, 1.807) is 0 Å². The highest BCUT2D eigenvalue weighted by Crippen LogP contribution is 2.38. The molecule has 0 saturated carbocycles. The fourth-order valence-corrected chi connectivity index (χ4v) is 4.32. The molecule has 0 aliphatic carbocycles. The van der Waals surface area contributed by atoms with Crippen molar-refractivity contribution < 1.29 is 32.6 Å². The average Bonchev–Trinajstić information content (AvgIpc) is 2.90. The molecule has 0 saturated heterocycles. The predicted molar refractivity (Wildman–Crippen MR) is 108 cm³/mol. The van der Waals surface area contributed by atoms with E-state index < -0.39 is 39.4 Å². The first-order chi connectivity index (χ1) is 14.0. The van der Waals surface area contributed by atoms with E-state index in [9.17, 15) is 27.9 Å². The Morgan fingerprint density at radius 1 is 1.20 bits per heavy atom. The minimum atomic E-state index is -3.63. The number of hydrogen-bond acceptors (Lipinski definition) is 7. The molecule has 1 aliphatic rings. The average molecular weight is 432 g/mol. The number of ether oxygens (including phenoxy) is 1. The summed E-state index contributed by atoms with van der Waals surface area (Å²) in [5.41, 5.74) is 0.460. The van der Waals surface area contributed by atoms with Crippen molar-refractivity contribution in [3.05, 3.63) is 53.1 Å². The van der Waals surface area contributed by atoms with Gasteiger partial charge in [0, 0.05) is 13.2 Å². The molecule has 1 heterocycles. The number of methoxy groups -OCH3 is 1. The highest BCUT2D eigenvalue weighted by Gasteiger charge is 2.43. The highest BCUT2D eigenvalue weighted by molar-refractivity contribution is 7.90. The number of aromatic hydroxyl groups is 1. The molecule has 3 rings (SSSR count). The van der Waals surface area contributed by atoms with Crippen LogP contribution in [-0.4, -0.2) is 55.3 Å². The van der Waals surface area contributed by atoms with Gasteiger partial charge in [0.15, 0.2) is 11.5 Å². The van der Waals surface area contributed by atoms with Crippen molar-refractivity contribution in [3.63, 3.8) is 0 Å². The van der Waals surface area contributed by atoms with Gasteiger partial charge in [0.1, 0.15) is 9.84 Å². The van der Waals surface area contributed by atoms with Crippen LogP contribution in [0.2, 0.25) is 0 Å². The number of anilines is 1. The number of hydrogen-bond donors (Lipinski definition) is 2. The van der Waals surface area contributed by atoms with Crippen molar-refractivity contribution in [1.29, 1.82) is 0 Å². The number of phenols is 1. The van der Waals surface area contributed by atoms with E-state index in [1.807, 2.05) is 0 Å². The van der Waals surface area contributed by atoms with Gasteiger partial charge in [-0.1, -0.05) is 12.1 Å². The summed E-state index contributed by atoms with van der Waals surface area (Å²) in [6, 6.07) is 7.41. The lowest BCUT2D eigenvalue weighted by Crippen LogP contribution is -2.37. The summed E-state index contributed by atoms with van der Waals surface area (Å²) in [7, 11) is -2.27. The van der Waals surface area contributed by atoms with E-state index in [1.165, 1.54) is 50.4 Å². The number of carbonyl (C=O) groups is 3. The Labute approximate surface area is 173 Å². The van der Waals surface area contributed by atoms with E-state index in [0.29, 0.717) is 0 Å². The standard InChI is InChI=1S/C20H20N2O7S/c1-11(23)21-14-6-4-5-13-18(14)20(26)22(19(13)25)15(10-30(3,27)28)12-7-8-17(29-2)16(24)9-12/h4-9,15,24H,10H2,1-3H3,(H,21,23)/t15-/m0/s1. The molecule has 0 unspecified atom stereocenters. The molecule has 2 N–H and O–H groups in total. The van der Waals surface area contributed by atoms with Crippen molar-refractivity contribution in [2.75, 3.05) is 24.4 Å². The SMILES string of the molecule is COc1ccc([C@H](CS(C)(=O)=O)N2C(=O)c3cccc(NC(C)=O)c3C2=O)cc1O. The zero-order chi connectivity index (χ0) is 22.2. The van der Waals surface area contributed by atoms with Crippen LogP contribution < -0.4 is 10.1 Å². The summed E-state index contributed by atoms with van der Waals surface area (Å²) >= 11 is 0. The maximum atomic E-state index is 13.2. The summed E-state index contributed by atoms with van der Waals surface area (Å²) in [5.74, 6) is -2.49. The van der Waals surface area contributed by atoms with Crippen LogP contribution in [0.5, 0.6) is 11.5 Å². The Morgan fingerprint density at radius 2 is 1.90 bits per heavy atom. The van der Waals surface area contributed by atoms with Gasteiger partial charge in [-0.3, -0.25) is 19.3 Å². The third-order valence-corrected chi connectivity index (χ3v) is 5.54. The Bertz CT molecular complexity index is 1160. The molecule has 2 aromatic carbocycles. The lowest BCUT2D eigenvalue weighted by Gasteiger charge is -2.26. The predicted octanol–water partition coefficient (Wildman–Crippen LogP) is 1.74. The van der Waals surface area contributed by atoms with Crippen molar-refractivity contribution in [2.45, 2.75) is 13.0 Å². The molecule has 0 aromatic heterocycles. The number of sulfone groups is 1. The molecule has 1 aliphatic heterocycles. The third-order valence-electron chi connectivity index (χ3n) is 4.62. The van der Waals surface area contributed by atoms with Crippen LogP contribution in [0.4, 0.5) is 5.69 Å². The monoisotopic (exact) mass is 432 g/mol. The van der Waals surface area contributed by atoms with Gasteiger partial charge in [-0.05, 0) is 29.8 Å². The van der Waals surface area contributed by atoms with Gasteiger partial charge in [0.2, 0.25) is 5.91 Å². The number of benzene rings is 2. The lowest BCUT2D eigenvalue weighted by atomic mass is 10.1. The second-order valence-electron chi connectivity index (χ2n) is 6.93. The lowest BCUT2D eigenvalue weighted by molar-refractivity contribution is -0.114. The van der Waals surface area contributed by atoms with Crippen molar-refractivity contribution in [3.8, 4) is 11.5 Å². The van der Waals surface area contributed by atoms with Crippen LogP contribution in [-0.2, 0) is 14.6 Å². The molecule has 3 amide bonds. The third kappa shape index (κ3) is 3.99. The Hall–Kier alpha value is -3.40. The Morgan fingerprint density at radius 3 is 2.47 bits per heavy atom. The van der Waals surface area contributed by atoms with E-state index in [0.717, 1.165) is 11.2 Å². The first-order valence-corrected chi connectivity index (χ1v) is 10.9. The quantitative estimate of drug-likeness (QED) is 0.665. The summed E-state index contributed by atoms with van der Waals surface area (Å²) in [5, 5.41) is 12.6. The number of carbonyl (C=O) groups excluding carboxylic acids is 3. The molecule has 0 fully saturated rings. The normalized spacial score (nSPS) is 14.4. The zero-order valence-electron chi connectivity index (χ0n) is 16.5. The summed E-state index contributed by atoms with van der Waals surface area (Å²) in [6.45, 7) is 1.27. The molecular formula is C20H20N2O7S. The number of rotatable bonds is 6. The van der Waals surface area contributed by atoms with Crippen LogP contribution in [0.25, 0.3) is 0 Å². The molecule has 30 heavy (non-hydrogen) atoms. The second kappa shape index (κ2) is 7.79. The fraction of sp³-hybridized carbons (Fsp3) is 0.250. The number of amides is 3. The molecule has 0 bridgehead atoms. The molecule has 158 valence electrons. The van der Waals surface area contributed by atoms with Crippen molar-refractivity contribution in [2.24, 2.45) is 0 Å². The molecule has 10 heteroatoms. The summed E-state index contributed by atoms with van der Waals surface area (Å²) in [6.07, 6.45) is 0.990. The van der Waals surface area contributed by atoms with Gasteiger partial charge in [0.25, 0.3) is 11.8 Å². The number of phenolic OH excluding ortho intramolecular Hbond substituents is 1. The summed E-state index contributed by atoms with van der Waals surface area (Å²) < 4.78 is 29.2. The van der Waals surface area contributed by atoms with Crippen LogP contribution in [0.15, 0.2) is 36.4 Å². The topological polar surface area (TPSA) is 130 Å². The van der Waals surface area contributed by atoms with Gasteiger partial charge in [-0.15, -0.1) is 0 Å². The zero-order valence-corrected chi connectivity index (χ0v) is 17.3. The molecule has 2 aromatic rings. The minimum absolute atomic E-state index is 0.00562. The van der Waals surface area contributed by atoms with Crippen molar-refractivity contribution >= 4 is 33.2 Å². The number of imide groups is 1. The maximum Gasteiger partial charge on any atom is 0.264 e. The largest absolute Gasteiger partial charge is 0.504 e. The van der Waals surface area contributed by atoms with Crippen LogP contribution >= 0.6 is 0 Å². The van der Waals surface area contributed by atoms with E-state index in [-0.39, 0.29) is 33.9 Å². The Balaban J connectivity index is 2.12. The first-order valence-electron chi connectivity index (χ1n) is 8.86. The van der Waals surface area contributed by atoms with Crippen LogP contribution in [0.3, 0.4) is 0 Å². The fourth-order valence-electron chi connectivity index (χ4n) is 3.40. The Kier molecular flexibility index (Phi) is 5.53. The van der Waals surface area contributed by atoms with Crippen LogP contribution in [0, 0.1) is 0 Å². The van der Waals surface area contributed by atoms with E-state index >= 15 is 0 Å². The van der Waals surface area contributed by atoms with Gasteiger partial charge < -0.3 is 15.2 Å². The molecule has 0 spiro atoms. The molecular weight excluding hydrogens is 412 g/mol. The number of fused-ring (bicyclic) bond motifs is 1. The minimum Gasteiger partial charge on any atom is -0.504 e. The van der Waals surface area contributed by atoms with Crippen molar-refractivity contribution in [1.82, 2.24) is 4.90 Å². The first kappa shape index (κ1) is 21.3. The highest BCUT2D eigenvalue weighted by atomic mass is 32.2. The molecule has 9 nitrogen and oxygen atoms in total. The smallest absolute Gasteiger partial charge is 0.264 e. The van der Waals surface area contributed by atoms with E-state index in [4.69, 9.17) is 4.74 Å². The van der Waals surface area contributed by atoms with Crippen LogP contribution in [0.1, 0.15) is 39.2 Å². The van der Waals surface area contributed by atoms with E-state index in [2.05, 4.69) is 5.32 Å².